The Balaban J connectivity index is 1.75. The van der Waals surface area contributed by atoms with E-state index in [0.29, 0.717) is 40.2 Å². The molecule has 178 valence electrons. The minimum atomic E-state index is -3.79. The van der Waals surface area contributed by atoms with E-state index >= 15 is 0 Å². The van der Waals surface area contributed by atoms with Gasteiger partial charge in [0.2, 0.25) is 21.8 Å². The second-order valence-electron chi connectivity index (χ2n) is 7.40. The molecule has 0 unspecified atom stereocenters. The molecule has 4 aromatic rings. The third-order valence-corrected chi connectivity index (χ3v) is 6.56. The van der Waals surface area contributed by atoms with E-state index in [9.17, 15) is 8.42 Å². The fourth-order valence-corrected chi connectivity index (χ4v) is 4.56. The van der Waals surface area contributed by atoms with Gasteiger partial charge in [-0.2, -0.15) is 0 Å². The SMILES string of the molecule is COc1cccc(OC)c1-n1c(NS(=O)(=O)CCc2ccc(Cl)cc2)nnc1-c1ccc(C)o1. The van der Waals surface area contributed by atoms with Crippen molar-refractivity contribution >= 4 is 27.6 Å². The predicted molar refractivity (Wildman–Crippen MR) is 129 cm³/mol. The van der Waals surface area contributed by atoms with Crippen molar-refractivity contribution in [1.82, 2.24) is 14.8 Å². The van der Waals surface area contributed by atoms with Crippen molar-refractivity contribution in [3.05, 3.63) is 70.9 Å². The van der Waals surface area contributed by atoms with Crippen molar-refractivity contribution in [2.75, 3.05) is 24.7 Å². The number of nitrogens with zero attached hydrogens (tertiary/aromatic N) is 3. The maximum atomic E-state index is 13.0. The number of methoxy groups -OCH3 is 2. The molecule has 0 radical (unpaired) electrons. The zero-order valence-corrected chi connectivity index (χ0v) is 20.4. The van der Waals surface area contributed by atoms with Gasteiger partial charge in [-0.15, -0.1) is 10.2 Å². The van der Waals surface area contributed by atoms with Gasteiger partial charge in [0.05, 0.1) is 20.0 Å². The molecule has 0 aliphatic rings. The molecule has 2 aromatic heterocycles. The van der Waals surface area contributed by atoms with Crippen molar-refractivity contribution in [1.29, 1.82) is 0 Å². The van der Waals surface area contributed by atoms with Crippen LogP contribution in [0.5, 0.6) is 11.5 Å². The molecule has 0 aliphatic carbocycles. The second kappa shape index (κ2) is 9.78. The highest BCUT2D eigenvalue weighted by Crippen LogP contribution is 2.38. The molecule has 0 fully saturated rings. The summed E-state index contributed by atoms with van der Waals surface area (Å²) in [5.74, 6) is 2.04. The number of anilines is 1. The van der Waals surface area contributed by atoms with Crippen molar-refractivity contribution in [3.8, 4) is 28.8 Å². The first-order valence-corrected chi connectivity index (χ1v) is 12.3. The van der Waals surface area contributed by atoms with Crippen LogP contribution in [0.2, 0.25) is 5.02 Å². The molecule has 0 atom stereocenters. The first kappa shape index (κ1) is 23.7. The average molecular weight is 503 g/mol. The Morgan fingerprint density at radius 3 is 2.26 bits per heavy atom. The highest BCUT2D eigenvalue weighted by Gasteiger charge is 2.26. The maximum Gasteiger partial charge on any atom is 0.243 e. The predicted octanol–water partition coefficient (Wildman–Crippen LogP) is 4.49. The topological polar surface area (TPSA) is 108 Å². The number of hydrogen-bond donors (Lipinski definition) is 1. The number of rotatable bonds is 9. The van der Waals surface area contributed by atoms with E-state index in [1.54, 1.807) is 61.5 Å². The van der Waals surface area contributed by atoms with Gasteiger partial charge in [-0.3, -0.25) is 9.29 Å². The molecule has 34 heavy (non-hydrogen) atoms. The summed E-state index contributed by atoms with van der Waals surface area (Å²) < 4.78 is 46.8. The van der Waals surface area contributed by atoms with Crippen LogP contribution < -0.4 is 14.2 Å². The van der Waals surface area contributed by atoms with E-state index in [2.05, 4.69) is 14.9 Å². The van der Waals surface area contributed by atoms with Crippen LogP contribution in [0.15, 0.2) is 59.0 Å². The summed E-state index contributed by atoms with van der Waals surface area (Å²) in [6, 6.07) is 15.8. The molecule has 0 saturated heterocycles. The molecule has 1 N–H and O–H groups in total. The van der Waals surface area contributed by atoms with E-state index in [-0.39, 0.29) is 17.5 Å². The number of furan rings is 1. The summed E-state index contributed by atoms with van der Waals surface area (Å²) in [5.41, 5.74) is 1.27. The number of aromatic nitrogens is 3. The summed E-state index contributed by atoms with van der Waals surface area (Å²) in [5, 5.41) is 8.91. The van der Waals surface area contributed by atoms with Gasteiger partial charge in [0.1, 0.15) is 22.9 Å². The molecule has 0 aliphatic heterocycles. The van der Waals surface area contributed by atoms with Crippen LogP contribution in [0.25, 0.3) is 17.3 Å². The molecule has 2 aromatic carbocycles. The zero-order chi connectivity index (χ0) is 24.3. The van der Waals surface area contributed by atoms with E-state index < -0.39 is 10.0 Å². The Kier molecular flexibility index (Phi) is 6.80. The lowest BCUT2D eigenvalue weighted by atomic mass is 10.2. The number of halogens is 1. The maximum absolute atomic E-state index is 13.0. The summed E-state index contributed by atoms with van der Waals surface area (Å²) in [6.07, 6.45) is 0.294. The molecule has 0 amide bonds. The van der Waals surface area contributed by atoms with Crippen LogP contribution in [0.3, 0.4) is 0 Å². The van der Waals surface area contributed by atoms with Gasteiger partial charge in [0.15, 0.2) is 5.76 Å². The molecule has 0 bridgehead atoms. The average Bonchev–Trinajstić information content (AvgIpc) is 3.43. The summed E-state index contributed by atoms with van der Waals surface area (Å²) in [4.78, 5) is 0. The van der Waals surface area contributed by atoms with Gasteiger partial charge in [-0.1, -0.05) is 29.8 Å². The summed E-state index contributed by atoms with van der Waals surface area (Å²) in [6.45, 7) is 1.80. The molecular formula is C23H23ClN4O5S. The standard InChI is InChI=1S/C23H23ClN4O5S/c1-15-7-12-20(33-15)22-25-26-23(28(22)21-18(31-2)5-4-6-19(21)32-3)27-34(29,30)14-13-16-8-10-17(24)11-9-16/h4-12H,13-14H2,1-3H3,(H,26,27). The van der Waals surface area contributed by atoms with Crippen molar-refractivity contribution in [3.63, 3.8) is 0 Å². The Morgan fingerprint density at radius 1 is 1.00 bits per heavy atom. The Labute approximate surface area is 202 Å². The van der Waals surface area contributed by atoms with Crippen molar-refractivity contribution in [2.45, 2.75) is 13.3 Å². The molecular weight excluding hydrogens is 480 g/mol. The van der Waals surface area contributed by atoms with Crippen LogP contribution in [-0.4, -0.2) is 43.2 Å². The second-order valence-corrected chi connectivity index (χ2v) is 9.68. The van der Waals surface area contributed by atoms with Crippen molar-refractivity contribution < 1.29 is 22.3 Å². The first-order valence-electron chi connectivity index (χ1n) is 10.3. The van der Waals surface area contributed by atoms with E-state index in [4.69, 9.17) is 25.5 Å². The lowest BCUT2D eigenvalue weighted by Crippen LogP contribution is -2.21. The van der Waals surface area contributed by atoms with E-state index in [1.165, 1.54) is 18.8 Å². The number of para-hydroxylation sites is 1. The molecule has 2 heterocycles. The van der Waals surface area contributed by atoms with Crippen LogP contribution in [0, 0.1) is 6.92 Å². The van der Waals surface area contributed by atoms with Gasteiger partial charge >= 0.3 is 0 Å². The fourth-order valence-electron chi connectivity index (χ4n) is 3.42. The van der Waals surface area contributed by atoms with E-state index in [1.807, 2.05) is 0 Å². The smallest absolute Gasteiger partial charge is 0.243 e. The van der Waals surface area contributed by atoms with Gasteiger partial charge in [-0.25, -0.2) is 8.42 Å². The Bertz CT molecular complexity index is 1370. The third kappa shape index (κ3) is 5.02. The molecule has 4 rings (SSSR count). The fraction of sp³-hybridized carbons (Fsp3) is 0.217. The van der Waals surface area contributed by atoms with Gasteiger partial charge < -0.3 is 13.9 Å². The lowest BCUT2D eigenvalue weighted by Gasteiger charge is -2.17. The molecule has 0 saturated carbocycles. The highest BCUT2D eigenvalue weighted by atomic mass is 35.5. The minimum Gasteiger partial charge on any atom is -0.494 e. The van der Waals surface area contributed by atoms with Crippen LogP contribution in [0.4, 0.5) is 5.95 Å². The number of sulfonamides is 1. The lowest BCUT2D eigenvalue weighted by molar-refractivity contribution is 0.391. The number of aryl methyl sites for hydroxylation is 2. The zero-order valence-electron chi connectivity index (χ0n) is 18.8. The quantitative estimate of drug-likeness (QED) is 0.359. The molecule has 0 spiro atoms. The van der Waals surface area contributed by atoms with Crippen LogP contribution in [-0.2, 0) is 16.4 Å². The Hall–Kier alpha value is -3.50. The molecule has 11 heteroatoms. The summed E-state index contributed by atoms with van der Waals surface area (Å²) in [7, 11) is -0.776. The first-order chi connectivity index (χ1) is 16.3. The van der Waals surface area contributed by atoms with E-state index in [0.717, 1.165) is 5.56 Å². The van der Waals surface area contributed by atoms with Gasteiger partial charge in [0, 0.05) is 5.02 Å². The summed E-state index contributed by atoms with van der Waals surface area (Å²) >= 11 is 5.91. The number of ether oxygens (including phenoxy) is 2. The van der Waals surface area contributed by atoms with Crippen LogP contribution >= 0.6 is 11.6 Å². The monoisotopic (exact) mass is 502 g/mol. The largest absolute Gasteiger partial charge is 0.494 e. The number of hydrogen-bond acceptors (Lipinski definition) is 7. The Morgan fingerprint density at radius 2 is 1.68 bits per heavy atom. The number of benzene rings is 2. The highest BCUT2D eigenvalue weighted by molar-refractivity contribution is 7.92. The van der Waals surface area contributed by atoms with Crippen LogP contribution in [0.1, 0.15) is 11.3 Å². The normalized spacial score (nSPS) is 11.4. The van der Waals surface area contributed by atoms with Gasteiger partial charge in [0.25, 0.3) is 0 Å². The molecule has 9 nitrogen and oxygen atoms in total. The number of nitrogens with one attached hydrogen (secondary N) is 1. The van der Waals surface area contributed by atoms with Gasteiger partial charge in [-0.05, 0) is 55.3 Å². The van der Waals surface area contributed by atoms with Crippen molar-refractivity contribution in [2.24, 2.45) is 0 Å². The third-order valence-electron chi connectivity index (χ3n) is 5.07. The minimum absolute atomic E-state index is 0.0250.